The lowest BCUT2D eigenvalue weighted by Crippen LogP contribution is -2.44. The normalized spacial score (nSPS) is 12.6. The summed E-state index contributed by atoms with van der Waals surface area (Å²) >= 11 is 0. The van der Waals surface area contributed by atoms with Crippen molar-refractivity contribution in [3.8, 4) is 5.75 Å². The number of nitrogens with one attached hydrogen (secondary N) is 1. The first-order valence-electron chi connectivity index (χ1n) is 7.09. The second-order valence-electron chi connectivity index (χ2n) is 5.37. The van der Waals surface area contributed by atoms with E-state index in [4.69, 9.17) is 9.47 Å². The highest BCUT2D eigenvalue weighted by atomic mass is 32.2. The summed E-state index contributed by atoms with van der Waals surface area (Å²) in [5.74, 6) is -0.0256. The first-order valence-corrected chi connectivity index (χ1v) is 8.94. The predicted molar refractivity (Wildman–Crippen MR) is 89.4 cm³/mol. The van der Waals surface area contributed by atoms with Gasteiger partial charge in [0.05, 0.1) is 25.7 Å². The number of nitrogens with zero attached hydrogens (tertiary/aromatic N) is 1. The molecule has 0 saturated carbocycles. The third kappa shape index (κ3) is 5.72. The molecule has 0 saturated heterocycles. The van der Waals surface area contributed by atoms with Crippen LogP contribution in [0.2, 0.25) is 0 Å². The molecule has 8 heteroatoms. The van der Waals surface area contributed by atoms with Crippen LogP contribution in [-0.4, -0.2) is 54.0 Å². The molecule has 0 unspecified atom stereocenters. The molecule has 1 aromatic rings. The number of carbonyl (C=O) groups is 1. The molecule has 0 aliphatic heterocycles. The summed E-state index contributed by atoms with van der Waals surface area (Å²) in [6.07, 6.45) is 1.06. The van der Waals surface area contributed by atoms with Gasteiger partial charge in [-0.3, -0.25) is 9.10 Å². The van der Waals surface area contributed by atoms with Crippen molar-refractivity contribution in [2.24, 2.45) is 0 Å². The summed E-state index contributed by atoms with van der Waals surface area (Å²) in [6.45, 7) is 3.63. The maximum Gasteiger partial charge on any atom is 0.241 e. The largest absolute Gasteiger partial charge is 0.495 e. The van der Waals surface area contributed by atoms with Crippen LogP contribution in [0.25, 0.3) is 0 Å². The van der Waals surface area contributed by atoms with Crippen LogP contribution in [0.15, 0.2) is 18.2 Å². The molecule has 1 amide bonds. The summed E-state index contributed by atoms with van der Waals surface area (Å²) < 4.78 is 35.5. The van der Waals surface area contributed by atoms with Crippen molar-refractivity contribution < 1.29 is 22.7 Å². The third-order valence-corrected chi connectivity index (χ3v) is 4.24. The minimum absolute atomic E-state index is 0.215. The second-order valence-corrected chi connectivity index (χ2v) is 7.28. The van der Waals surface area contributed by atoms with E-state index in [1.54, 1.807) is 19.1 Å². The molecular weight excluding hydrogens is 320 g/mol. The number of amides is 1. The van der Waals surface area contributed by atoms with Gasteiger partial charge in [-0.15, -0.1) is 0 Å². The van der Waals surface area contributed by atoms with E-state index < -0.39 is 15.9 Å². The smallest absolute Gasteiger partial charge is 0.241 e. The number of ether oxygens (including phenoxy) is 2. The molecule has 0 aliphatic carbocycles. The Balaban J connectivity index is 3.08. The highest BCUT2D eigenvalue weighted by Crippen LogP contribution is 2.30. The fourth-order valence-corrected chi connectivity index (χ4v) is 2.97. The number of sulfonamides is 1. The highest BCUT2D eigenvalue weighted by Gasteiger charge is 2.24. The van der Waals surface area contributed by atoms with Gasteiger partial charge in [0.15, 0.2) is 0 Å². The van der Waals surface area contributed by atoms with Crippen LogP contribution < -0.4 is 14.4 Å². The Kier molecular flexibility index (Phi) is 6.83. The van der Waals surface area contributed by atoms with E-state index in [-0.39, 0.29) is 12.6 Å². The van der Waals surface area contributed by atoms with Crippen LogP contribution in [0.1, 0.15) is 12.5 Å². The van der Waals surface area contributed by atoms with Gasteiger partial charge < -0.3 is 14.8 Å². The molecule has 0 heterocycles. The van der Waals surface area contributed by atoms with Crippen molar-refractivity contribution in [3.05, 3.63) is 23.8 Å². The summed E-state index contributed by atoms with van der Waals surface area (Å²) in [6, 6.07) is 4.94. The third-order valence-electron chi connectivity index (χ3n) is 3.11. The number of benzene rings is 1. The van der Waals surface area contributed by atoms with Gasteiger partial charge in [0.25, 0.3) is 0 Å². The second kappa shape index (κ2) is 8.16. The van der Waals surface area contributed by atoms with Crippen LogP contribution >= 0.6 is 0 Å². The van der Waals surface area contributed by atoms with E-state index in [0.29, 0.717) is 18.0 Å². The molecule has 0 spiro atoms. The molecule has 0 aliphatic rings. The standard InChI is InChI=1S/C15H24N2O5S/c1-11-6-7-14(22-4)13(8-11)17(23(5,19)20)9-15(18)16-12(2)10-21-3/h6-8,12H,9-10H2,1-5H3,(H,16,18)/t12-/m1/s1. The Morgan fingerprint density at radius 2 is 2.00 bits per heavy atom. The number of carbonyl (C=O) groups excluding carboxylic acids is 1. The minimum atomic E-state index is -3.65. The molecule has 23 heavy (non-hydrogen) atoms. The Hall–Kier alpha value is -1.80. The lowest BCUT2D eigenvalue weighted by molar-refractivity contribution is -0.120. The van der Waals surface area contributed by atoms with Gasteiger partial charge in [-0.1, -0.05) is 6.07 Å². The van der Waals surface area contributed by atoms with E-state index >= 15 is 0 Å². The molecule has 0 fully saturated rings. The summed E-state index contributed by atoms with van der Waals surface area (Å²) in [4.78, 5) is 12.1. The van der Waals surface area contributed by atoms with Gasteiger partial charge in [0, 0.05) is 13.2 Å². The first-order chi connectivity index (χ1) is 10.7. The monoisotopic (exact) mass is 344 g/mol. The summed E-state index contributed by atoms with van der Waals surface area (Å²) in [5.41, 5.74) is 1.20. The van der Waals surface area contributed by atoms with Crippen LogP contribution in [0.3, 0.4) is 0 Å². The average molecular weight is 344 g/mol. The number of anilines is 1. The van der Waals surface area contributed by atoms with Crippen LogP contribution in [-0.2, 0) is 19.6 Å². The van der Waals surface area contributed by atoms with Gasteiger partial charge in [0.2, 0.25) is 15.9 Å². The lowest BCUT2D eigenvalue weighted by Gasteiger charge is -2.25. The zero-order valence-electron chi connectivity index (χ0n) is 14.1. The maximum atomic E-state index is 12.1. The number of hydrogen-bond donors (Lipinski definition) is 1. The van der Waals surface area contributed by atoms with Gasteiger partial charge in [-0.25, -0.2) is 8.42 Å². The van der Waals surface area contributed by atoms with Crippen LogP contribution in [0.4, 0.5) is 5.69 Å². The molecule has 1 rings (SSSR count). The van der Waals surface area contributed by atoms with Gasteiger partial charge in [-0.05, 0) is 31.5 Å². The molecule has 1 aromatic carbocycles. The number of methoxy groups -OCH3 is 2. The predicted octanol–water partition coefficient (Wildman–Crippen LogP) is 0.921. The Morgan fingerprint density at radius 3 is 2.52 bits per heavy atom. The van der Waals surface area contributed by atoms with Crippen molar-refractivity contribution in [1.29, 1.82) is 0 Å². The summed E-state index contributed by atoms with van der Waals surface area (Å²) in [5, 5.41) is 2.69. The average Bonchev–Trinajstić information content (AvgIpc) is 2.43. The molecular formula is C15H24N2O5S. The van der Waals surface area contributed by atoms with Gasteiger partial charge in [-0.2, -0.15) is 0 Å². The molecule has 0 bridgehead atoms. The summed E-state index contributed by atoms with van der Waals surface area (Å²) in [7, 11) is -0.665. The van der Waals surface area contributed by atoms with Crippen LogP contribution in [0, 0.1) is 6.92 Å². The minimum Gasteiger partial charge on any atom is -0.495 e. The fraction of sp³-hybridized carbons (Fsp3) is 0.533. The fourth-order valence-electron chi connectivity index (χ4n) is 2.12. The molecule has 0 radical (unpaired) electrons. The van der Waals surface area contributed by atoms with E-state index in [1.165, 1.54) is 14.2 Å². The Labute approximate surface area is 137 Å². The van der Waals surface area contributed by atoms with Crippen LogP contribution in [0.5, 0.6) is 5.75 Å². The van der Waals surface area contributed by atoms with E-state index in [0.717, 1.165) is 16.1 Å². The lowest BCUT2D eigenvalue weighted by atomic mass is 10.2. The van der Waals surface area contributed by atoms with Crippen molar-refractivity contribution in [2.75, 3.05) is 37.9 Å². The van der Waals surface area contributed by atoms with Gasteiger partial charge in [0.1, 0.15) is 12.3 Å². The molecule has 1 N–H and O–H groups in total. The Bertz CT molecular complexity index is 645. The highest BCUT2D eigenvalue weighted by molar-refractivity contribution is 7.92. The zero-order valence-corrected chi connectivity index (χ0v) is 14.9. The van der Waals surface area contributed by atoms with E-state index in [9.17, 15) is 13.2 Å². The topological polar surface area (TPSA) is 84.9 Å². The first kappa shape index (κ1) is 19.2. The molecule has 1 atom stereocenters. The molecule has 7 nitrogen and oxygen atoms in total. The Morgan fingerprint density at radius 1 is 1.35 bits per heavy atom. The number of hydrogen-bond acceptors (Lipinski definition) is 5. The van der Waals surface area contributed by atoms with Crippen molar-refractivity contribution >= 4 is 21.6 Å². The van der Waals surface area contributed by atoms with Crippen molar-refractivity contribution in [3.63, 3.8) is 0 Å². The maximum absolute atomic E-state index is 12.1. The van der Waals surface area contributed by atoms with Crippen molar-refractivity contribution in [2.45, 2.75) is 19.9 Å². The zero-order chi connectivity index (χ0) is 17.6. The molecule has 130 valence electrons. The molecule has 0 aromatic heterocycles. The van der Waals surface area contributed by atoms with E-state index in [2.05, 4.69) is 5.32 Å². The van der Waals surface area contributed by atoms with Crippen molar-refractivity contribution in [1.82, 2.24) is 5.32 Å². The SMILES string of the molecule is COC[C@@H](C)NC(=O)CN(c1cc(C)ccc1OC)S(C)(=O)=O. The van der Waals surface area contributed by atoms with Gasteiger partial charge >= 0.3 is 0 Å². The quantitative estimate of drug-likeness (QED) is 0.758. The number of rotatable bonds is 8. The van der Waals surface area contributed by atoms with E-state index in [1.807, 2.05) is 13.0 Å². The number of aryl methyl sites for hydroxylation is 1.